The topological polar surface area (TPSA) is 163 Å². The van der Waals surface area contributed by atoms with Crippen LogP contribution in [0.1, 0.15) is 42.7 Å². The standard InChI is InChI=1S/C23H28BN5O6/c1-14(2)10-19(24-34-18(21(25)31)12-20(30)35-24)29-22(32)16(11-15-6-4-3-5-7-15)28-23(33)17-13-26-8-9-27-17/h3-9,13-14,16,18-19H,10-12H2,1-2H3,(H2,25,31)(H,28,33)(H,29,32)/t16-,18?,19-/m0/s1. The molecule has 1 fully saturated rings. The zero-order chi connectivity index (χ0) is 25.4. The molecule has 4 N–H and O–H groups in total. The zero-order valence-electron chi connectivity index (χ0n) is 19.5. The van der Waals surface area contributed by atoms with E-state index < -0.39 is 48.9 Å². The van der Waals surface area contributed by atoms with E-state index in [1.807, 2.05) is 44.2 Å². The Balaban J connectivity index is 1.80. The molecule has 0 bridgehead atoms. The van der Waals surface area contributed by atoms with Crippen molar-refractivity contribution in [1.29, 1.82) is 0 Å². The maximum atomic E-state index is 13.4. The molecule has 0 saturated carbocycles. The van der Waals surface area contributed by atoms with Gasteiger partial charge in [-0.1, -0.05) is 44.2 Å². The van der Waals surface area contributed by atoms with E-state index in [2.05, 4.69) is 20.6 Å². The van der Waals surface area contributed by atoms with Gasteiger partial charge in [0.25, 0.3) is 11.9 Å². The molecule has 35 heavy (non-hydrogen) atoms. The predicted octanol–water partition coefficient (Wildman–Crippen LogP) is 0.193. The second-order valence-electron chi connectivity index (χ2n) is 8.64. The number of nitrogens with two attached hydrogens (primary N) is 1. The van der Waals surface area contributed by atoms with Crippen molar-refractivity contribution in [1.82, 2.24) is 20.6 Å². The zero-order valence-corrected chi connectivity index (χ0v) is 19.5. The Morgan fingerprint density at radius 2 is 1.91 bits per heavy atom. The number of primary amides is 1. The molecule has 1 aliphatic rings. The van der Waals surface area contributed by atoms with Crippen LogP contribution in [0.15, 0.2) is 48.9 Å². The van der Waals surface area contributed by atoms with Crippen LogP contribution < -0.4 is 16.4 Å². The third kappa shape index (κ3) is 7.61. The van der Waals surface area contributed by atoms with Gasteiger partial charge in [-0.05, 0) is 17.9 Å². The highest BCUT2D eigenvalue weighted by Crippen LogP contribution is 2.18. The number of rotatable bonds is 10. The lowest BCUT2D eigenvalue weighted by Crippen LogP contribution is -2.59. The molecule has 1 aromatic carbocycles. The number of hydrogen-bond acceptors (Lipinski definition) is 8. The van der Waals surface area contributed by atoms with Crippen LogP contribution in [-0.4, -0.2) is 58.9 Å². The molecule has 184 valence electrons. The number of benzene rings is 1. The SMILES string of the molecule is CC(C)C[C@H](NC(=O)[C@H](Cc1ccccc1)NC(=O)c1cnccn1)B1OC(=O)CC(C(N)=O)O1. The van der Waals surface area contributed by atoms with Gasteiger partial charge in [0, 0.05) is 18.8 Å². The second-order valence-corrected chi connectivity index (χ2v) is 8.64. The van der Waals surface area contributed by atoms with E-state index in [9.17, 15) is 19.2 Å². The molecular weight excluding hydrogens is 453 g/mol. The average Bonchev–Trinajstić information content (AvgIpc) is 2.83. The quantitative estimate of drug-likeness (QED) is 0.405. The van der Waals surface area contributed by atoms with Gasteiger partial charge in [0.15, 0.2) is 0 Å². The largest absolute Gasteiger partial charge is 0.551 e. The Labute approximate surface area is 203 Å². The second kappa shape index (κ2) is 12.1. The van der Waals surface area contributed by atoms with E-state index in [-0.39, 0.29) is 24.5 Å². The molecule has 1 aliphatic heterocycles. The first-order valence-electron chi connectivity index (χ1n) is 11.3. The van der Waals surface area contributed by atoms with Gasteiger partial charge in [-0.2, -0.15) is 0 Å². The summed E-state index contributed by atoms with van der Waals surface area (Å²) in [5.41, 5.74) is 6.20. The molecule has 1 aromatic heterocycles. The van der Waals surface area contributed by atoms with Crippen molar-refractivity contribution in [3.05, 3.63) is 60.2 Å². The highest BCUT2D eigenvalue weighted by Gasteiger charge is 2.44. The number of hydrogen-bond donors (Lipinski definition) is 3. The fraction of sp³-hybridized carbons (Fsp3) is 0.391. The van der Waals surface area contributed by atoms with Crippen molar-refractivity contribution in [2.45, 2.75) is 51.2 Å². The highest BCUT2D eigenvalue weighted by atomic mass is 16.6. The van der Waals surface area contributed by atoms with Crippen LogP contribution in [-0.2, 0) is 30.1 Å². The Kier molecular flexibility index (Phi) is 8.90. The van der Waals surface area contributed by atoms with E-state index in [0.717, 1.165) is 5.56 Å². The summed E-state index contributed by atoms with van der Waals surface area (Å²) in [5, 5.41) is 5.53. The van der Waals surface area contributed by atoms with Gasteiger partial charge in [0.05, 0.1) is 18.6 Å². The number of nitrogens with zero attached hydrogens (tertiary/aromatic N) is 2. The summed E-state index contributed by atoms with van der Waals surface area (Å²) in [4.78, 5) is 57.7. The fourth-order valence-corrected chi connectivity index (χ4v) is 3.65. The van der Waals surface area contributed by atoms with Gasteiger partial charge in [-0.15, -0.1) is 0 Å². The molecular formula is C23H28BN5O6. The maximum absolute atomic E-state index is 13.4. The minimum atomic E-state index is -1.20. The number of aromatic nitrogens is 2. The predicted molar refractivity (Wildman–Crippen MR) is 125 cm³/mol. The highest BCUT2D eigenvalue weighted by molar-refractivity contribution is 6.50. The van der Waals surface area contributed by atoms with E-state index in [0.29, 0.717) is 6.42 Å². The van der Waals surface area contributed by atoms with Crippen molar-refractivity contribution in [3.8, 4) is 0 Å². The summed E-state index contributed by atoms with van der Waals surface area (Å²) in [6.45, 7) is 3.85. The van der Waals surface area contributed by atoms with E-state index in [4.69, 9.17) is 15.0 Å². The number of carbonyl (C=O) groups excluding carboxylic acids is 4. The molecule has 1 saturated heterocycles. The summed E-state index contributed by atoms with van der Waals surface area (Å²) in [6, 6.07) is 8.20. The van der Waals surface area contributed by atoms with Crippen molar-refractivity contribution in [2.24, 2.45) is 11.7 Å². The molecule has 0 aliphatic carbocycles. The Morgan fingerprint density at radius 3 is 2.54 bits per heavy atom. The molecule has 3 rings (SSSR count). The van der Waals surface area contributed by atoms with Crippen molar-refractivity contribution in [3.63, 3.8) is 0 Å². The summed E-state index contributed by atoms with van der Waals surface area (Å²) in [5.74, 6) is -3.22. The normalized spacial score (nSPS) is 17.3. The molecule has 2 heterocycles. The van der Waals surface area contributed by atoms with E-state index in [1.165, 1.54) is 18.6 Å². The monoisotopic (exact) mass is 481 g/mol. The van der Waals surface area contributed by atoms with Gasteiger partial charge in [-0.3, -0.25) is 24.2 Å². The lowest BCUT2D eigenvalue weighted by molar-refractivity contribution is -0.148. The summed E-state index contributed by atoms with van der Waals surface area (Å²) in [7, 11) is -1.20. The van der Waals surface area contributed by atoms with Gasteiger partial charge in [0.1, 0.15) is 17.8 Å². The summed E-state index contributed by atoms with van der Waals surface area (Å²) < 4.78 is 10.9. The summed E-state index contributed by atoms with van der Waals surface area (Å²) in [6.07, 6.45) is 3.25. The van der Waals surface area contributed by atoms with Gasteiger partial charge in [0.2, 0.25) is 11.8 Å². The lowest BCUT2D eigenvalue weighted by atomic mass is 9.72. The molecule has 2 aromatic rings. The van der Waals surface area contributed by atoms with E-state index in [1.54, 1.807) is 0 Å². The van der Waals surface area contributed by atoms with Crippen LogP contribution >= 0.6 is 0 Å². The molecule has 1 unspecified atom stereocenters. The average molecular weight is 481 g/mol. The molecule has 3 amide bonds. The molecule has 3 atom stereocenters. The minimum Gasteiger partial charge on any atom is -0.508 e. The van der Waals surface area contributed by atoms with Crippen LogP contribution in [0.5, 0.6) is 0 Å². The first-order valence-corrected chi connectivity index (χ1v) is 11.3. The lowest BCUT2D eigenvalue weighted by Gasteiger charge is -2.32. The Hall–Kier alpha value is -3.80. The Bertz CT molecular complexity index is 1040. The number of nitrogens with one attached hydrogen (secondary N) is 2. The van der Waals surface area contributed by atoms with Crippen LogP contribution in [0.2, 0.25) is 0 Å². The smallest absolute Gasteiger partial charge is 0.508 e. The molecule has 0 radical (unpaired) electrons. The van der Waals surface area contributed by atoms with Crippen molar-refractivity contribution >= 4 is 30.8 Å². The molecule has 0 spiro atoms. The van der Waals surface area contributed by atoms with Gasteiger partial charge < -0.3 is 25.7 Å². The number of amides is 3. The summed E-state index contributed by atoms with van der Waals surface area (Å²) >= 11 is 0. The van der Waals surface area contributed by atoms with Gasteiger partial charge >= 0.3 is 7.12 Å². The minimum absolute atomic E-state index is 0.0611. The van der Waals surface area contributed by atoms with Crippen LogP contribution in [0.25, 0.3) is 0 Å². The van der Waals surface area contributed by atoms with Gasteiger partial charge in [-0.25, -0.2) is 4.98 Å². The third-order valence-electron chi connectivity index (χ3n) is 5.30. The molecule has 11 nitrogen and oxygen atoms in total. The Morgan fingerprint density at radius 1 is 1.17 bits per heavy atom. The van der Waals surface area contributed by atoms with Crippen LogP contribution in [0.4, 0.5) is 0 Å². The van der Waals surface area contributed by atoms with Crippen molar-refractivity contribution in [2.75, 3.05) is 0 Å². The van der Waals surface area contributed by atoms with Crippen LogP contribution in [0, 0.1) is 5.92 Å². The molecule has 12 heteroatoms. The van der Waals surface area contributed by atoms with Crippen LogP contribution in [0.3, 0.4) is 0 Å². The first kappa shape index (κ1) is 25.8. The fourth-order valence-electron chi connectivity index (χ4n) is 3.65. The first-order chi connectivity index (χ1) is 16.7. The van der Waals surface area contributed by atoms with Crippen molar-refractivity contribution < 1.29 is 28.5 Å². The maximum Gasteiger partial charge on any atom is 0.551 e. The third-order valence-corrected chi connectivity index (χ3v) is 5.30. The number of carbonyl (C=O) groups is 4. The van der Waals surface area contributed by atoms with E-state index >= 15 is 0 Å².